The second-order valence-electron chi connectivity index (χ2n) is 13.3. The number of likely N-dealkylation sites (N-methyl/N-ethyl adjacent to an activating group) is 1. The number of aromatic amines is 1. The molecule has 0 spiro atoms. The molecule has 5 heterocycles. The van der Waals surface area contributed by atoms with Crippen LogP contribution in [0.5, 0.6) is 0 Å². The van der Waals surface area contributed by atoms with Gasteiger partial charge in [-0.3, -0.25) is 10.00 Å². The van der Waals surface area contributed by atoms with Gasteiger partial charge in [-0.15, -0.1) is 4.68 Å². The van der Waals surface area contributed by atoms with Crippen molar-refractivity contribution in [2.75, 3.05) is 38.1 Å². The number of H-pyrrole nitrogens is 1. The highest BCUT2D eigenvalue weighted by Crippen LogP contribution is 2.50. The van der Waals surface area contributed by atoms with Crippen LogP contribution in [-0.4, -0.2) is 75.8 Å². The number of aryl methyl sites for hydroxylation is 2. The standard InChI is InChI=1S/C34H40FN10/c1-7-43(6)34(5)17-44(18-34)33-31-32(45(42-41-31)16-22-9-11-37-23(14-22)8-10-36)24-12-20(3)27(29(35)30(24)39-33)28-21(4)19(2)13-26-25(28)15-38-40-26/h12-13,15-16,22-23,37H,7-9,11,14,17-18H2,1-6H3,(H,38,40)/q+1/b45-16-/t22?,23-/m1/s1. The Morgan fingerprint density at radius 2 is 2.00 bits per heavy atom. The van der Waals surface area contributed by atoms with Crippen LogP contribution in [0, 0.1) is 43.8 Å². The van der Waals surface area contributed by atoms with Crippen LogP contribution in [0.25, 0.3) is 32.9 Å². The highest BCUT2D eigenvalue weighted by molar-refractivity contribution is 6.04. The Hall–Kier alpha value is -4.27. The Morgan fingerprint density at radius 1 is 1.20 bits per heavy atom. The molecule has 3 aliphatic rings. The molecule has 11 heteroatoms. The van der Waals surface area contributed by atoms with Gasteiger partial charge in [-0.25, -0.2) is 9.37 Å². The fourth-order valence-electron chi connectivity index (χ4n) is 7.38. The zero-order chi connectivity index (χ0) is 31.6. The summed E-state index contributed by atoms with van der Waals surface area (Å²) in [5.41, 5.74) is 6.93. The zero-order valence-electron chi connectivity index (χ0n) is 26.9. The quantitative estimate of drug-likeness (QED) is 0.246. The largest absolute Gasteiger partial charge is 0.349 e. The van der Waals surface area contributed by atoms with E-state index in [-0.39, 0.29) is 23.3 Å². The van der Waals surface area contributed by atoms with Crippen molar-refractivity contribution >= 4 is 45.2 Å². The minimum Gasteiger partial charge on any atom is -0.349 e. The van der Waals surface area contributed by atoms with Crippen molar-refractivity contribution in [1.82, 2.24) is 25.4 Å². The molecule has 2 fully saturated rings. The molecule has 0 bridgehead atoms. The molecule has 0 amide bonds. The molecule has 0 radical (unpaired) electrons. The van der Waals surface area contributed by atoms with Gasteiger partial charge >= 0.3 is 0 Å². The van der Waals surface area contributed by atoms with E-state index in [1.807, 2.05) is 31.5 Å². The highest BCUT2D eigenvalue weighted by atomic mass is 19.1. The Bertz CT molecular complexity index is 1940. The van der Waals surface area contributed by atoms with Gasteiger partial charge in [0.25, 0.3) is 5.69 Å². The number of nitrogens with one attached hydrogen (secondary N) is 2. The summed E-state index contributed by atoms with van der Waals surface area (Å²) in [6, 6.07) is 6.54. The van der Waals surface area contributed by atoms with Crippen LogP contribution >= 0.6 is 0 Å². The molecule has 4 aromatic rings. The van der Waals surface area contributed by atoms with Crippen molar-refractivity contribution < 1.29 is 9.07 Å². The van der Waals surface area contributed by atoms with Crippen LogP contribution in [0.2, 0.25) is 0 Å². The van der Waals surface area contributed by atoms with Crippen molar-refractivity contribution in [2.45, 2.75) is 65.5 Å². The number of rotatable bonds is 6. The second-order valence-corrected chi connectivity index (χ2v) is 13.3. The first kappa shape index (κ1) is 29.4. The van der Waals surface area contributed by atoms with Crippen LogP contribution in [-0.2, 0) is 0 Å². The number of halogens is 1. The van der Waals surface area contributed by atoms with E-state index in [0.29, 0.717) is 34.4 Å². The first-order valence-corrected chi connectivity index (χ1v) is 15.9. The van der Waals surface area contributed by atoms with Crippen LogP contribution in [0.1, 0.15) is 49.8 Å². The minimum absolute atomic E-state index is 0.00672. The van der Waals surface area contributed by atoms with Gasteiger partial charge in [0, 0.05) is 36.0 Å². The third kappa shape index (κ3) is 4.70. The average molecular weight is 608 g/mol. The molecular formula is C34H40FN10+. The smallest absolute Gasteiger partial charge is 0.295 e. The highest BCUT2D eigenvalue weighted by Gasteiger charge is 2.46. The molecule has 2 atom stereocenters. The van der Waals surface area contributed by atoms with E-state index in [2.05, 4.69) is 74.9 Å². The molecule has 3 aliphatic heterocycles. The number of hydrogen-bond donors (Lipinski definition) is 2. The molecule has 7 rings (SSSR count). The molecular weight excluding hydrogens is 567 g/mol. The predicted octanol–water partition coefficient (Wildman–Crippen LogP) is 6.38. The second kappa shape index (κ2) is 11.0. The molecule has 2 aromatic carbocycles. The van der Waals surface area contributed by atoms with Crippen LogP contribution in [0.15, 0.2) is 28.7 Å². The van der Waals surface area contributed by atoms with Crippen LogP contribution in [0.4, 0.5) is 21.6 Å². The fourth-order valence-corrected chi connectivity index (χ4v) is 7.38. The molecule has 45 heavy (non-hydrogen) atoms. The fraction of sp³-hybridized carbons (Fsp3) is 0.471. The van der Waals surface area contributed by atoms with Gasteiger partial charge in [0.2, 0.25) is 5.69 Å². The van der Waals surface area contributed by atoms with E-state index >= 15 is 4.39 Å². The topological polar surface area (TPSA) is 112 Å². The zero-order valence-corrected chi connectivity index (χ0v) is 26.9. The van der Waals surface area contributed by atoms with Crippen molar-refractivity contribution in [3.8, 4) is 17.2 Å². The van der Waals surface area contributed by atoms with Gasteiger partial charge in [0.15, 0.2) is 11.6 Å². The lowest BCUT2D eigenvalue weighted by Gasteiger charge is -2.53. The normalized spacial score (nSPS) is 21.6. The number of pyridine rings is 1. The van der Waals surface area contributed by atoms with Gasteiger partial charge in [0.1, 0.15) is 17.0 Å². The number of aromatic nitrogens is 3. The van der Waals surface area contributed by atoms with Crippen molar-refractivity contribution in [3.05, 3.63) is 40.8 Å². The summed E-state index contributed by atoms with van der Waals surface area (Å²) >= 11 is 0. The first-order chi connectivity index (χ1) is 21.6. The number of benzene rings is 2. The number of fused-ring (bicyclic) bond motifs is 4. The summed E-state index contributed by atoms with van der Waals surface area (Å²) in [7, 11) is 2.14. The SMILES string of the molecule is CCN(C)C1(C)CN(c2nc3c(F)c(-c4c(C)c(C)cc5[nH]ncc45)c(C)cc3c3c2N=N/[N+]3=C\C2CCN[C@H](CC#N)C2)C1. The predicted molar refractivity (Wildman–Crippen MR) is 175 cm³/mol. The molecule has 0 aliphatic carbocycles. The summed E-state index contributed by atoms with van der Waals surface area (Å²) in [6.45, 7) is 13.8. The summed E-state index contributed by atoms with van der Waals surface area (Å²) in [4.78, 5) is 9.60. The number of hydrogen-bond acceptors (Lipinski definition) is 8. The Balaban J connectivity index is 1.43. The van der Waals surface area contributed by atoms with E-state index in [9.17, 15) is 5.26 Å². The number of anilines is 1. The van der Waals surface area contributed by atoms with Gasteiger partial charge < -0.3 is 10.2 Å². The lowest BCUT2D eigenvalue weighted by atomic mass is 9.88. The van der Waals surface area contributed by atoms with Crippen molar-refractivity contribution in [3.63, 3.8) is 0 Å². The minimum atomic E-state index is -0.345. The third-order valence-electron chi connectivity index (χ3n) is 10.3. The molecule has 2 aromatic heterocycles. The molecule has 2 N–H and O–H groups in total. The molecule has 2 saturated heterocycles. The third-order valence-corrected chi connectivity index (χ3v) is 10.3. The van der Waals surface area contributed by atoms with Crippen molar-refractivity contribution in [2.24, 2.45) is 16.3 Å². The van der Waals surface area contributed by atoms with Gasteiger partial charge in [-0.1, -0.05) is 6.92 Å². The maximum atomic E-state index is 17.2. The van der Waals surface area contributed by atoms with Crippen molar-refractivity contribution in [1.29, 1.82) is 5.26 Å². The molecule has 232 valence electrons. The number of piperidine rings is 1. The van der Waals surface area contributed by atoms with E-state index in [0.717, 1.165) is 77.9 Å². The lowest BCUT2D eigenvalue weighted by Crippen LogP contribution is -2.68. The molecule has 0 saturated carbocycles. The summed E-state index contributed by atoms with van der Waals surface area (Å²) in [6.07, 6.45) is 6.12. The van der Waals surface area contributed by atoms with E-state index in [1.165, 1.54) is 0 Å². The monoisotopic (exact) mass is 607 g/mol. The lowest BCUT2D eigenvalue weighted by molar-refractivity contribution is -0.442. The summed E-state index contributed by atoms with van der Waals surface area (Å²) in [5.74, 6) is 0.526. The van der Waals surface area contributed by atoms with Gasteiger partial charge in [-0.2, -0.15) is 10.4 Å². The van der Waals surface area contributed by atoms with Crippen LogP contribution < -0.4 is 10.2 Å². The molecule has 10 nitrogen and oxygen atoms in total. The number of nitrogens with zero attached hydrogens (tertiary/aromatic N) is 8. The number of nitriles is 1. The van der Waals surface area contributed by atoms with Gasteiger partial charge in [-0.05, 0) is 95.1 Å². The summed E-state index contributed by atoms with van der Waals surface area (Å²) < 4.78 is 19.0. The summed E-state index contributed by atoms with van der Waals surface area (Å²) in [5, 5.41) is 30.9. The Labute approximate surface area is 262 Å². The van der Waals surface area contributed by atoms with E-state index in [4.69, 9.17) is 4.98 Å². The maximum absolute atomic E-state index is 17.2. The maximum Gasteiger partial charge on any atom is 0.295 e. The Kier molecular flexibility index (Phi) is 7.17. The van der Waals surface area contributed by atoms with Crippen LogP contribution in [0.3, 0.4) is 0 Å². The van der Waals surface area contributed by atoms with Gasteiger partial charge in [0.05, 0.1) is 40.2 Å². The first-order valence-electron chi connectivity index (χ1n) is 15.9. The Morgan fingerprint density at radius 3 is 2.76 bits per heavy atom. The van der Waals surface area contributed by atoms with E-state index < -0.39 is 0 Å². The molecule has 1 unspecified atom stereocenters. The average Bonchev–Trinajstić information content (AvgIpc) is 3.64. The van der Waals surface area contributed by atoms with E-state index in [1.54, 1.807) is 6.20 Å².